The first-order chi connectivity index (χ1) is 8.04. The second-order valence-electron chi connectivity index (χ2n) is 4.36. The van der Waals surface area contributed by atoms with Crippen molar-refractivity contribution in [3.05, 3.63) is 63.2 Å². The number of benzene rings is 1. The summed E-state index contributed by atoms with van der Waals surface area (Å²) in [5.41, 5.74) is 4.29. The van der Waals surface area contributed by atoms with Crippen molar-refractivity contribution >= 4 is 15.9 Å². The molecule has 0 radical (unpaired) electrons. The maximum atomic E-state index is 7.87. The monoisotopic (exact) mass is 290 g/mol. The molecule has 1 aromatic carbocycles. The van der Waals surface area contributed by atoms with Gasteiger partial charge in [-0.25, -0.2) is 0 Å². The van der Waals surface area contributed by atoms with E-state index >= 15 is 0 Å². The third kappa shape index (κ3) is 3.07. The zero-order valence-corrected chi connectivity index (χ0v) is 11.6. The number of pyridine rings is 1. The Morgan fingerprint density at radius 2 is 1.76 bits per heavy atom. The van der Waals surface area contributed by atoms with Gasteiger partial charge in [0.05, 0.1) is 0 Å². The molecule has 0 bridgehead atoms. The van der Waals surface area contributed by atoms with Crippen molar-refractivity contribution in [1.82, 2.24) is 4.57 Å². The van der Waals surface area contributed by atoms with Crippen LogP contribution in [0.5, 0.6) is 0 Å². The zero-order chi connectivity index (χ0) is 12.4. The number of aryl methyl sites for hydroxylation is 2. The fraction of sp³-hybridized carbons (Fsp3) is 0.214. The molecular formula is C14H15BrN2. The molecular weight excluding hydrogens is 276 g/mol. The average Bonchev–Trinajstić information content (AvgIpc) is 2.22. The van der Waals surface area contributed by atoms with E-state index in [0.29, 0.717) is 5.49 Å². The molecule has 0 aliphatic rings. The van der Waals surface area contributed by atoms with Gasteiger partial charge in [0.25, 0.3) is 0 Å². The second kappa shape index (κ2) is 4.88. The Balaban J connectivity index is 2.37. The van der Waals surface area contributed by atoms with Crippen LogP contribution < -0.4 is 5.49 Å². The van der Waals surface area contributed by atoms with E-state index in [1.165, 1.54) is 16.7 Å². The van der Waals surface area contributed by atoms with Crippen molar-refractivity contribution in [3.8, 4) is 0 Å². The molecule has 1 N–H and O–H groups in total. The lowest BCUT2D eigenvalue weighted by atomic mass is 10.1. The highest BCUT2D eigenvalue weighted by Gasteiger charge is 1.99. The van der Waals surface area contributed by atoms with Crippen LogP contribution in [0.25, 0.3) is 0 Å². The van der Waals surface area contributed by atoms with E-state index in [1.807, 2.05) is 16.8 Å². The molecule has 2 nitrogen and oxygen atoms in total. The van der Waals surface area contributed by atoms with Gasteiger partial charge in [-0.1, -0.05) is 29.3 Å². The summed E-state index contributed by atoms with van der Waals surface area (Å²) in [5, 5.41) is 7.87. The third-order valence-electron chi connectivity index (χ3n) is 2.62. The minimum absolute atomic E-state index is 0.521. The fourth-order valence-electron chi connectivity index (χ4n) is 2.00. The average molecular weight is 291 g/mol. The van der Waals surface area contributed by atoms with Crippen molar-refractivity contribution in [2.24, 2.45) is 0 Å². The van der Waals surface area contributed by atoms with Crippen LogP contribution in [0.1, 0.15) is 16.7 Å². The number of halogens is 1. The number of hydrogen-bond acceptors (Lipinski definition) is 1. The van der Waals surface area contributed by atoms with Crippen molar-refractivity contribution in [2.45, 2.75) is 20.4 Å². The lowest BCUT2D eigenvalue weighted by Crippen LogP contribution is -2.19. The molecule has 2 rings (SSSR count). The zero-order valence-electron chi connectivity index (χ0n) is 10.00. The highest BCUT2D eigenvalue weighted by atomic mass is 79.9. The smallest absolute Gasteiger partial charge is 0.125 e. The molecule has 1 heterocycles. The molecule has 0 fully saturated rings. The summed E-state index contributed by atoms with van der Waals surface area (Å²) in [6.07, 6.45) is 1.94. The van der Waals surface area contributed by atoms with Gasteiger partial charge in [-0.15, -0.1) is 0 Å². The summed E-state index contributed by atoms with van der Waals surface area (Å²) < 4.78 is 2.93. The van der Waals surface area contributed by atoms with Crippen LogP contribution in [0.3, 0.4) is 0 Å². The summed E-state index contributed by atoms with van der Waals surface area (Å²) in [5.74, 6) is 0. The number of nitrogens with zero attached hydrogens (tertiary/aromatic N) is 1. The van der Waals surface area contributed by atoms with Crippen LogP contribution in [-0.4, -0.2) is 4.57 Å². The molecule has 0 saturated heterocycles. The van der Waals surface area contributed by atoms with E-state index in [4.69, 9.17) is 5.41 Å². The molecule has 0 amide bonds. The molecule has 88 valence electrons. The van der Waals surface area contributed by atoms with E-state index in [-0.39, 0.29) is 0 Å². The van der Waals surface area contributed by atoms with E-state index < -0.39 is 0 Å². The van der Waals surface area contributed by atoms with Crippen molar-refractivity contribution in [2.75, 3.05) is 0 Å². The Labute approximate surface area is 110 Å². The van der Waals surface area contributed by atoms with Crippen molar-refractivity contribution in [1.29, 1.82) is 5.41 Å². The summed E-state index contributed by atoms with van der Waals surface area (Å²) in [6, 6.07) is 10.2. The van der Waals surface area contributed by atoms with Gasteiger partial charge in [-0.2, -0.15) is 0 Å². The minimum Gasteiger partial charge on any atom is -0.328 e. The van der Waals surface area contributed by atoms with E-state index in [9.17, 15) is 0 Å². The summed E-state index contributed by atoms with van der Waals surface area (Å²) in [4.78, 5) is 0. The Kier molecular flexibility index (Phi) is 3.48. The van der Waals surface area contributed by atoms with E-state index in [0.717, 1.165) is 11.0 Å². The van der Waals surface area contributed by atoms with Crippen LogP contribution in [0, 0.1) is 19.3 Å². The highest BCUT2D eigenvalue weighted by Crippen LogP contribution is 2.11. The molecule has 0 aliphatic carbocycles. The normalized spacial score (nSPS) is 10.5. The summed E-state index contributed by atoms with van der Waals surface area (Å²) in [6.45, 7) is 4.94. The first kappa shape index (κ1) is 12.1. The standard InChI is InChI=1S/C14H15BrN2/c1-10-5-11(2)7-12(6-10)8-17-9-13(15)3-4-14(17)16/h3-7,9,16H,8H2,1-2H3. The van der Waals surface area contributed by atoms with Gasteiger partial charge in [-0.05, 0) is 47.5 Å². The van der Waals surface area contributed by atoms with Gasteiger partial charge in [-0.3, -0.25) is 5.41 Å². The van der Waals surface area contributed by atoms with Crippen molar-refractivity contribution in [3.63, 3.8) is 0 Å². The predicted molar refractivity (Wildman–Crippen MR) is 73.0 cm³/mol. The van der Waals surface area contributed by atoms with Crippen molar-refractivity contribution < 1.29 is 0 Å². The summed E-state index contributed by atoms with van der Waals surface area (Å²) >= 11 is 3.43. The van der Waals surface area contributed by atoms with Gasteiger partial charge < -0.3 is 4.57 Å². The van der Waals surface area contributed by atoms with Gasteiger partial charge in [0.2, 0.25) is 0 Å². The van der Waals surface area contributed by atoms with Crippen LogP contribution in [0.4, 0.5) is 0 Å². The Morgan fingerprint density at radius 1 is 1.12 bits per heavy atom. The van der Waals surface area contributed by atoms with E-state index in [2.05, 4.69) is 48.0 Å². The minimum atomic E-state index is 0.521. The summed E-state index contributed by atoms with van der Waals surface area (Å²) in [7, 11) is 0. The predicted octanol–water partition coefficient (Wildman–Crippen LogP) is 3.40. The fourth-order valence-corrected chi connectivity index (χ4v) is 2.38. The Bertz CT molecular complexity index is 579. The van der Waals surface area contributed by atoms with Gasteiger partial charge in [0, 0.05) is 17.2 Å². The number of aromatic nitrogens is 1. The van der Waals surface area contributed by atoms with Gasteiger partial charge in [0.15, 0.2) is 0 Å². The maximum Gasteiger partial charge on any atom is 0.125 e. The Hall–Kier alpha value is -1.35. The molecule has 3 heteroatoms. The van der Waals surface area contributed by atoms with Crippen LogP contribution in [0.2, 0.25) is 0 Å². The molecule has 0 atom stereocenters. The first-order valence-corrected chi connectivity index (χ1v) is 6.31. The maximum absolute atomic E-state index is 7.87. The number of rotatable bonds is 2. The van der Waals surface area contributed by atoms with Crippen LogP contribution in [-0.2, 0) is 6.54 Å². The third-order valence-corrected chi connectivity index (χ3v) is 3.09. The van der Waals surface area contributed by atoms with E-state index in [1.54, 1.807) is 6.07 Å². The lowest BCUT2D eigenvalue weighted by molar-refractivity contribution is 0.727. The SMILES string of the molecule is Cc1cc(C)cc(Cn2cc(Br)ccc2=N)c1. The highest BCUT2D eigenvalue weighted by molar-refractivity contribution is 9.10. The number of hydrogen-bond donors (Lipinski definition) is 1. The largest absolute Gasteiger partial charge is 0.328 e. The topological polar surface area (TPSA) is 28.8 Å². The Morgan fingerprint density at radius 3 is 2.41 bits per heavy atom. The molecule has 1 aromatic heterocycles. The molecule has 0 unspecified atom stereocenters. The number of nitrogens with one attached hydrogen (secondary N) is 1. The molecule has 0 saturated carbocycles. The molecule has 2 aromatic rings. The van der Waals surface area contributed by atoms with Crippen LogP contribution in [0.15, 0.2) is 41.0 Å². The molecule has 0 aliphatic heterocycles. The van der Waals surface area contributed by atoms with Gasteiger partial charge in [0.1, 0.15) is 5.49 Å². The molecule has 0 spiro atoms. The first-order valence-electron chi connectivity index (χ1n) is 5.52. The lowest BCUT2D eigenvalue weighted by Gasteiger charge is -2.09. The second-order valence-corrected chi connectivity index (χ2v) is 5.27. The van der Waals surface area contributed by atoms with Crippen LogP contribution >= 0.6 is 15.9 Å². The molecule has 17 heavy (non-hydrogen) atoms. The quantitative estimate of drug-likeness (QED) is 0.878. The van der Waals surface area contributed by atoms with Gasteiger partial charge >= 0.3 is 0 Å².